The molecule has 3 amide bonds. The van der Waals surface area contributed by atoms with Gasteiger partial charge >= 0.3 is 5.97 Å². The maximum atomic E-state index is 13.4. The highest BCUT2D eigenvalue weighted by atomic mass is 32.2. The van der Waals surface area contributed by atoms with Gasteiger partial charge in [-0.3, -0.25) is 28.3 Å². The first-order valence-corrected chi connectivity index (χ1v) is 21.4. The summed E-state index contributed by atoms with van der Waals surface area (Å²) >= 11 is 0. The van der Waals surface area contributed by atoms with E-state index in [0.29, 0.717) is 13.0 Å². The van der Waals surface area contributed by atoms with E-state index in [9.17, 15) is 27.6 Å². The van der Waals surface area contributed by atoms with E-state index in [1.807, 2.05) is 50.2 Å². The van der Waals surface area contributed by atoms with Crippen molar-refractivity contribution in [3.63, 3.8) is 0 Å². The number of imide groups is 1. The van der Waals surface area contributed by atoms with Gasteiger partial charge in [-0.05, 0) is 32.6 Å². The third-order valence-corrected chi connectivity index (χ3v) is 15.5. The first kappa shape index (κ1) is 42.1. The number of hydrogen-bond donors (Lipinski definition) is 0. The lowest BCUT2D eigenvalue weighted by Crippen LogP contribution is -2.66. The Morgan fingerprint density at radius 3 is 1.89 bits per heavy atom. The molecule has 0 aromatic heterocycles. The molecule has 0 bridgehead atoms. The minimum Gasteiger partial charge on any atom is -0.558 e. The predicted octanol–water partition coefficient (Wildman–Crippen LogP) is 3.58. The molecule has 2 aliphatic heterocycles. The second-order valence-electron chi connectivity index (χ2n) is 16.4. The van der Waals surface area contributed by atoms with E-state index in [2.05, 4.69) is 45.0 Å². The van der Waals surface area contributed by atoms with Crippen molar-refractivity contribution in [2.24, 2.45) is 5.41 Å². The van der Waals surface area contributed by atoms with Crippen molar-refractivity contribution < 1.29 is 45.7 Å². The molecule has 2 aromatic rings. The normalized spacial score (nSPS) is 18.7. The summed E-state index contributed by atoms with van der Waals surface area (Å²) in [5, 5.41) is 2.13. The highest BCUT2D eigenvalue weighted by Crippen LogP contribution is 2.37. The van der Waals surface area contributed by atoms with Crippen LogP contribution in [-0.4, -0.2) is 107 Å². The van der Waals surface area contributed by atoms with Crippen LogP contribution in [0.25, 0.3) is 0 Å². The molecule has 14 heteroatoms. The molecule has 0 aliphatic carbocycles. The third-order valence-electron chi connectivity index (χ3n) is 9.31. The molecule has 2 heterocycles. The number of likely N-dealkylation sites (tertiary alicyclic amines) is 1. The van der Waals surface area contributed by atoms with Crippen molar-refractivity contribution in [1.29, 1.82) is 0 Å². The minimum absolute atomic E-state index is 0.0220. The molecule has 0 N–H and O–H groups in total. The van der Waals surface area contributed by atoms with Crippen LogP contribution in [0.15, 0.2) is 72.8 Å². The standard InChI is InChI=1S/C39H54N2O10SSi/c1-37(2,3)51-35(44)26-40-29(25-32(36(40)45)41-33(42)19-20-34(41)43)27-48-23-24-52(46,47)49-28-39(7,8)21-22-50-53(38(4,5)6,30-15-11-9-12-16-30)31-17-13-10-14-18-31/h9-20,29,32H,21-28H2,1-8H3/q-1/t29-,32-/m0/s1. The lowest BCUT2D eigenvalue weighted by atomic mass is 9.91. The van der Waals surface area contributed by atoms with E-state index in [1.54, 1.807) is 20.8 Å². The summed E-state index contributed by atoms with van der Waals surface area (Å²) in [5.41, 5.74) is -1.34. The predicted molar refractivity (Wildman–Crippen MR) is 203 cm³/mol. The summed E-state index contributed by atoms with van der Waals surface area (Å²) in [5.74, 6) is -2.93. The zero-order valence-corrected chi connectivity index (χ0v) is 33.9. The Hall–Kier alpha value is -3.69. The first-order chi connectivity index (χ1) is 24.7. The van der Waals surface area contributed by atoms with Gasteiger partial charge in [-0.15, -0.1) is 5.04 Å². The van der Waals surface area contributed by atoms with Gasteiger partial charge in [-0.25, -0.2) is 0 Å². The molecule has 0 radical (unpaired) electrons. The van der Waals surface area contributed by atoms with Crippen LogP contribution in [0.4, 0.5) is 0 Å². The zero-order valence-electron chi connectivity index (χ0n) is 32.1. The van der Waals surface area contributed by atoms with Crippen LogP contribution in [0.2, 0.25) is 5.04 Å². The average molecular weight is 771 g/mol. The van der Waals surface area contributed by atoms with Crippen LogP contribution < -0.4 is 10.4 Å². The monoisotopic (exact) mass is 770 g/mol. The Labute approximate surface area is 315 Å². The van der Waals surface area contributed by atoms with E-state index >= 15 is 0 Å². The van der Waals surface area contributed by atoms with Gasteiger partial charge in [0.15, 0.2) is 0 Å². The van der Waals surface area contributed by atoms with E-state index in [4.69, 9.17) is 18.1 Å². The summed E-state index contributed by atoms with van der Waals surface area (Å²) in [4.78, 5) is 52.8. The number of amides is 3. The summed E-state index contributed by atoms with van der Waals surface area (Å²) in [6.45, 7) is 15.1. The average Bonchev–Trinajstić information content (AvgIpc) is 3.55. The fourth-order valence-electron chi connectivity index (χ4n) is 6.67. The first-order valence-electron chi connectivity index (χ1n) is 17.9. The van der Waals surface area contributed by atoms with Crippen LogP contribution in [0.5, 0.6) is 0 Å². The second-order valence-corrected chi connectivity index (χ2v) is 22.4. The molecule has 53 heavy (non-hydrogen) atoms. The second kappa shape index (κ2) is 16.8. The fourth-order valence-corrected chi connectivity index (χ4v) is 12.2. The van der Waals surface area contributed by atoms with Crippen molar-refractivity contribution >= 4 is 52.5 Å². The van der Waals surface area contributed by atoms with Crippen LogP contribution in [0.3, 0.4) is 0 Å². The maximum Gasteiger partial charge on any atom is 0.326 e. The number of esters is 1. The van der Waals surface area contributed by atoms with Gasteiger partial charge in [0.25, 0.3) is 21.9 Å². The molecule has 1 saturated heterocycles. The van der Waals surface area contributed by atoms with Gasteiger partial charge < -0.3 is 18.8 Å². The lowest BCUT2D eigenvalue weighted by molar-refractivity contribution is -0.159. The van der Waals surface area contributed by atoms with Crippen LogP contribution in [-0.2, 0) is 47.4 Å². The highest BCUT2D eigenvalue weighted by molar-refractivity contribution is 7.86. The Kier molecular flexibility index (Phi) is 13.3. The quantitative estimate of drug-likeness (QED) is 0.0770. The molecule has 1 fully saturated rings. The lowest BCUT2D eigenvalue weighted by Gasteiger charge is -2.56. The van der Waals surface area contributed by atoms with Gasteiger partial charge in [-0.2, -0.15) is 18.8 Å². The zero-order chi connectivity index (χ0) is 39.2. The number of nitrogens with zero attached hydrogens (tertiary/aromatic N) is 2. The third kappa shape index (κ3) is 10.7. The Balaban J connectivity index is 1.33. The molecule has 0 unspecified atom stereocenters. The van der Waals surface area contributed by atoms with E-state index in [-0.39, 0.29) is 31.3 Å². The molecule has 0 spiro atoms. The molecule has 4 rings (SSSR count). The Bertz CT molecular complexity index is 1690. The number of carbonyl (C=O) groups is 4. The number of rotatable bonds is 17. The van der Waals surface area contributed by atoms with Gasteiger partial charge in [-0.1, -0.05) is 95.3 Å². The van der Waals surface area contributed by atoms with Crippen molar-refractivity contribution in [3.05, 3.63) is 72.8 Å². The smallest absolute Gasteiger partial charge is 0.326 e. The molecule has 2 aromatic carbocycles. The SMILES string of the molecule is CC(C)(CCO[Si-](c1ccccc1)(c1ccccc1)C(C)(C)C)COS(=O)(=O)CCOC[C@@H]1C[C@H](N2C(=O)C=CC2=O)C(=O)N1CC(=O)OC(C)(C)C. The van der Waals surface area contributed by atoms with Crippen LogP contribution in [0.1, 0.15) is 68.2 Å². The van der Waals surface area contributed by atoms with Gasteiger partial charge in [0, 0.05) is 25.2 Å². The summed E-state index contributed by atoms with van der Waals surface area (Å²) in [6.07, 6.45) is 2.75. The number of benzene rings is 2. The minimum atomic E-state index is -3.99. The van der Waals surface area contributed by atoms with E-state index in [1.165, 1.54) is 4.90 Å². The largest absolute Gasteiger partial charge is 0.558 e. The van der Waals surface area contributed by atoms with Gasteiger partial charge in [0.1, 0.15) is 18.2 Å². The summed E-state index contributed by atoms with van der Waals surface area (Å²) < 4.78 is 49.5. The molecule has 12 nitrogen and oxygen atoms in total. The van der Waals surface area contributed by atoms with Crippen molar-refractivity contribution in [1.82, 2.24) is 9.80 Å². The number of ether oxygens (including phenoxy) is 2. The molecular formula is C39H54N2O10SSi-. The van der Waals surface area contributed by atoms with Crippen LogP contribution in [0, 0.1) is 5.41 Å². The van der Waals surface area contributed by atoms with Crippen molar-refractivity contribution in [2.45, 2.75) is 91.0 Å². The Morgan fingerprint density at radius 1 is 0.830 bits per heavy atom. The molecule has 291 valence electrons. The van der Waals surface area contributed by atoms with E-state index in [0.717, 1.165) is 27.4 Å². The van der Waals surface area contributed by atoms with Crippen LogP contribution >= 0.6 is 0 Å². The van der Waals surface area contributed by atoms with E-state index < -0.39 is 77.5 Å². The van der Waals surface area contributed by atoms with Crippen molar-refractivity contribution in [3.8, 4) is 0 Å². The number of hydrogen-bond acceptors (Lipinski definition) is 10. The highest BCUT2D eigenvalue weighted by Gasteiger charge is 2.47. The molecule has 2 aliphatic rings. The fraction of sp³-hybridized carbons (Fsp3) is 0.538. The van der Waals surface area contributed by atoms with Gasteiger partial charge in [0.05, 0.1) is 39.9 Å². The summed E-state index contributed by atoms with van der Waals surface area (Å²) in [7, 11) is -6.75. The topological polar surface area (TPSA) is 146 Å². The molecule has 0 saturated carbocycles. The Morgan fingerprint density at radius 2 is 1.38 bits per heavy atom. The maximum absolute atomic E-state index is 13.4. The number of carbonyl (C=O) groups excluding carboxylic acids is 4. The summed E-state index contributed by atoms with van der Waals surface area (Å²) in [6, 6.07) is 18.8. The van der Waals surface area contributed by atoms with Crippen molar-refractivity contribution in [2.75, 3.05) is 38.7 Å². The molecular weight excluding hydrogens is 717 g/mol. The molecule has 2 atom stereocenters. The van der Waals surface area contributed by atoms with Gasteiger partial charge in [0.2, 0.25) is 5.91 Å².